The number of ether oxygens (including phenoxy) is 1. The van der Waals surface area contributed by atoms with E-state index in [4.69, 9.17) is 9.15 Å². The second kappa shape index (κ2) is 4.71. The number of hydrogen-bond acceptors (Lipinski definition) is 4. The van der Waals surface area contributed by atoms with Gasteiger partial charge in [-0.3, -0.25) is 4.79 Å². The van der Waals surface area contributed by atoms with Crippen LogP contribution < -0.4 is 4.74 Å². The normalized spacial score (nSPS) is 10.3. The quantitative estimate of drug-likeness (QED) is 0.798. The largest absolute Gasteiger partial charge is 0.405 e. The van der Waals surface area contributed by atoms with E-state index < -0.39 is 5.97 Å². The molecule has 2 aromatic rings. The lowest BCUT2D eigenvalue weighted by molar-refractivity contribution is -0.133. The molecule has 0 aliphatic heterocycles. The minimum Gasteiger partial charge on any atom is -0.405 e. The van der Waals surface area contributed by atoms with Crippen LogP contribution >= 0.6 is 15.9 Å². The second-order valence-corrected chi connectivity index (χ2v) is 4.41. The van der Waals surface area contributed by atoms with Gasteiger partial charge in [0.1, 0.15) is 5.69 Å². The fraction of sp³-hybridized carbons (Fsp3) is 0.167. The van der Waals surface area contributed by atoms with E-state index in [1.807, 2.05) is 24.3 Å². The molecule has 1 aromatic heterocycles. The van der Waals surface area contributed by atoms with E-state index in [1.54, 1.807) is 6.92 Å². The van der Waals surface area contributed by atoms with Gasteiger partial charge in [0.2, 0.25) is 5.89 Å². The van der Waals surface area contributed by atoms with Crippen LogP contribution in [-0.2, 0) is 4.79 Å². The molecule has 0 saturated heterocycles. The first-order chi connectivity index (χ1) is 8.06. The van der Waals surface area contributed by atoms with Crippen molar-refractivity contribution in [2.45, 2.75) is 13.8 Å². The average Bonchev–Trinajstić information content (AvgIpc) is 2.60. The van der Waals surface area contributed by atoms with Crippen LogP contribution in [0.15, 0.2) is 33.2 Å². The first-order valence-electron chi connectivity index (χ1n) is 4.98. The Balaban J connectivity index is 2.34. The lowest BCUT2D eigenvalue weighted by Crippen LogP contribution is -2.01. The van der Waals surface area contributed by atoms with Crippen LogP contribution in [0.2, 0.25) is 0 Å². The summed E-state index contributed by atoms with van der Waals surface area (Å²) in [5, 5.41) is 0. The Morgan fingerprint density at radius 1 is 1.35 bits per heavy atom. The highest BCUT2D eigenvalue weighted by molar-refractivity contribution is 9.10. The first-order valence-corrected chi connectivity index (χ1v) is 5.77. The number of esters is 1. The Bertz CT molecular complexity index is 545. The molecule has 0 spiro atoms. The van der Waals surface area contributed by atoms with Crippen molar-refractivity contribution in [2.24, 2.45) is 0 Å². The SMILES string of the molecule is CC(=O)Oc1oc(-c2ccc(Br)cc2)nc1C. The molecule has 0 atom stereocenters. The predicted molar refractivity (Wildman–Crippen MR) is 65.7 cm³/mol. The minimum atomic E-state index is -0.424. The Morgan fingerprint density at radius 2 is 2.00 bits per heavy atom. The minimum absolute atomic E-state index is 0.149. The van der Waals surface area contributed by atoms with Gasteiger partial charge in [0.05, 0.1) is 0 Å². The molecule has 0 saturated carbocycles. The molecule has 1 aromatic carbocycles. The van der Waals surface area contributed by atoms with E-state index in [-0.39, 0.29) is 5.95 Å². The number of carbonyl (C=O) groups is 1. The number of hydrogen-bond donors (Lipinski definition) is 0. The van der Waals surface area contributed by atoms with Gasteiger partial charge in [-0.15, -0.1) is 0 Å². The third kappa shape index (κ3) is 2.74. The van der Waals surface area contributed by atoms with Gasteiger partial charge in [-0.1, -0.05) is 15.9 Å². The van der Waals surface area contributed by atoms with Crippen LogP contribution in [-0.4, -0.2) is 11.0 Å². The molecule has 5 heteroatoms. The molecule has 0 bridgehead atoms. The summed E-state index contributed by atoms with van der Waals surface area (Å²) in [6.07, 6.45) is 0. The topological polar surface area (TPSA) is 52.3 Å². The molecule has 0 radical (unpaired) electrons. The summed E-state index contributed by atoms with van der Waals surface area (Å²) in [4.78, 5) is 15.0. The highest BCUT2D eigenvalue weighted by Crippen LogP contribution is 2.27. The van der Waals surface area contributed by atoms with E-state index in [0.29, 0.717) is 11.6 Å². The van der Waals surface area contributed by atoms with Crippen LogP contribution in [0.3, 0.4) is 0 Å². The predicted octanol–water partition coefficient (Wildman–Crippen LogP) is 3.34. The van der Waals surface area contributed by atoms with Crippen molar-refractivity contribution in [3.8, 4) is 17.4 Å². The molecule has 0 N–H and O–H groups in total. The van der Waals surface area contributed by atoms with Crippen LogP contribution in [0.5, 0.6) is 5.95 Å². The zero-order valence-electron chi connectivity index (χ0n) is 9.36. The molecule has 0 fully saturated rings. The van der Waals surface area contributed by atoms with Gasteiger partial charge in [-0.25, -0.2) is 4.98 Å². The molecule has 17 heavy (non-hydrogen) atoms. The van der Waals surface area contributed by atoms with E-state index in [0.717, 1.165) is 10.0 Å². The number of rotatable bonds is 2. The van der Waals surface area contributed by atoms with Gasteiger partial charge < -0.3 is 9.15 Å². The van der Waals surface area contributed by atoms with Crippen LogP contribution in [0.1, 0.15) is 12.6 Å². The summed E-state index contributed by atoms with van der Waals surface area (Å²) in [5.74, 6) is 0.160. The standard InChI is InChI=1S/C12H10BrNO3/c1-7-12(16-8(2)15)17-11(14-7)9-3-5-10(13)6-4-9/h3-6H,1-2H3. The van der Waals surface area contributed by atoms with Crippen molar-refractivity contribution in [1.29, 1.82) is 0 Å². The number of carbonyl (C=O) groups excluding carboxylic acids is 1. The molecule has 1 heterocycles. The third-order valence-corrected chi connectivity index (χ3v) is 2.61. The summed E-state index contributed by atoms with van der Waals surface area (Å²) in [6, 6.07) is 7.51. The lowest BCUT2D eigenvalue weighted by atomic mass is 10.2. The van der Waals surface area contributed by atoms with Crippen molar-refractivity contribution in [3.05, 3.63) is 34.4 Å². The average molecular weight is 296 g/mol. The van der Waals surface area contributed by atoms with Crippen LogP contribution in [0, 0.1) is 6.92 Å². The molecule has 4 nitrogen and oxygen atoms in total. The highest BCUT2D eigenvalue weighted by atomic mass is 79.9. The molecule has 88 valence electrons. The maximum absolute atomic E-state index is 10.8. The molecule has 0 amide bonds. The van der Waals surface area contributed by atoms with E-state index in [1.165, 1.54) is 6.92 Å². The van der Waals surface area contributed by atoms with Crippen molar-refractivity contribution < 1.29 is 13.9 Å². The maximum atomic E-state index is 10.8. The summed E-state index contributed by atoms with van der Waals surface area (Å²) in [5.41, 5.74) is 1.38. The van der Waals surface area contributed by atoms with E-state index >= 15 is 0 Å². The van der Waals surface area contributed by atoms with Gasteiger partial charge >= 0.3 is 11.9 Å². The van der Waals surface area contributed by atoms with Gasteiger partial charge in [0.25, 0.3) is 0 Å². The number of halogens is 1. The van der Waals surface area contributed by atoms with Gasteiger partial charge in [0, 0.05) is 17.0 Å². The Labute approximate surface area is 107 Å². The third-order valence-electron chi connectivity index (χ3n) is 2.08. The van der Waals surface area contributed by atoms with Gasteiger partial charge in [0.15, 0.2) is 0 Å². The fourth-order valence-electron chi connectivity index (χ4n) is 1.32. The zero-order valence-corrected chi connectivity index (χ0v) is 10.9. The van der Waals surface area contributed by atoms with Crippen molar-refractivity contribution in [3.63, 3.8) is 0 Å². The Morgan fingerprint density at radius 3 is 2.59 bits per heavy atom. The van der Waals surface area contributed by atoms with Crippen molar-refractivity contribution in [2.75, 3.05) is 0 Å². The maximum Gasteiger partial charge on any atom is 0.316 e. The van der Waals surface area contributed by atoms with Crippen LogP contribution in [0.4, 0.5) is 0 Å². The number of aryl methyl sites for hydroxylation is 1. The second-order valence-electron chi connectivity index (χ2n) is 3.49. The molecule has 0 aliphatic carbocycles. The Kier molecular flexibility index (Phi) is 3.28. The summed E-state index contributed by atoms with van der Waals surface area (Å²) < 4.78 is 11.3. The Hall–Kier alpha value is -1.62. The summed E-state index contributed by atoms with van der Waals surface area (Å²) >= 11 is 3.35. The van der Waals surface area contributed by atoms with E-state index in [9.17, 15) is 4.79 Å². The number of benzene rings is 1. The summed E-state index contributed by atoms with van der Waals surface area (Å²) in [7, 11) is 0. The summed E-state index contributed by atoms with van der Waals surface area (Å²) in [6.45, 7) is 3.05. The number of aromatic nitrogens is 1. The highest BCUT2D eigenvalue weighted by Gasteiger charge is 2.13. The molecule has 0 unspecified atom stereocenters. The van der Waals surface area contributed by atoms with Crippen LogP contribution in [0.25, 0.3) is 11.5 Å². The fourth-order valence-corrected chi connectivity index (χ4v) is 1.59. The number of nitrogens with zero attached hydrogens (tertiary/aromatic N) is 1. The molecule has 2 rings (SSSR count). The first kappa shape index (κ1) is 11.9. The van der Waals surface area contributed by atoms with Crippen molar-refractivity contribution >= 4 is 21.9 Å². The smallest absolute Gasteiger partial charge is 0.316 e. The molecular weight excluding hydrogens is 286 g/mol. The zero-order chi connectivity index (χ0) is 12.4. The monoisotopic (exact) mass is 295 g/mol. The van der Waals surface area contributed by atoms with E-state index in [2.05, 4.69) is 20.9 Å². The number of oxazole rings is 1. The van der Waals surface area contributed by atoms with Gasteiger partial charge in [-0.05, 0) is 31.2 Å². The van der Waals surface area contributed by atoms with Gasteiger partial charge in [-0.2, -0.15) is 0 Å². The lowest BCUT2D eigenvalue weighted by Gasteiger charge is -1.96. The van der Waals surface area contributed by atoms with Crippen molar-refractivity contribution in [1.82, 2.24) is 4.98 Å². The molecular formula is C12H10BrNO3. The molecule has 0 aliphatic rings.